The lowest BCUT2D eigenvalue weighted by Crippen LogP contribution is -2.29. The van der Waals surface area contributed by atoms with Gasteiger partial charge in [0.15, 0.2) is 5.65 Å². The van der Waals surface area contributed by atoms with E-state index in [0.717, 1.165) is 18.9 Å². The zero-order valence-electron chi connectivity index (χ0n) is 12.7. The van der Waals surface area contributed by atoms with Crippen LogP contribution in [0.15, 0.2) is 42.6 Å². The van der Waals surface area contributed by atoms with Gasteiger partial charge < -0.3 is 10.6 Å². The fourth-order valence-corrected chi connectivity index (χ4v) is 3.00. The molecule has 0 radical (unpaired) electrons. The van der Waals surface area contributed by atoms with Gasteiger partial charge in [0.1, 0.15) is 11.6 Å². The molecular formula is C17H18FN5. The minimum absolute atomic E-state index is 0.271. The van der Waals surface area contributed by atoms with Crippen molar-refractivity contribution in [3.05, 3.63) is 48.4 Å². The lowest BCUT2D eigenvalue weighted by Gasteiger charge is -2.14. The van der Waals surface area contributed by atoms with Crippen LogP contribution in [0.3, 0.4) is 0 Å². The quantitative estimate of drug-likeness (QED) is 0.778. The molecule has 3 aromatic rings. The number of benzene rings is 1. The Bertz CT molecular complexity index is 823. The monoisotopic (exact) mass is 311 g/mol. The lowest BCUT2D eigenvalue weighted by atomic mass is 10.1. The second-order valence-electron chi connectivity index (χ2n) is 5.78. The zero-order valence-corrected chi connectivity index (χ0v) is 12.7. The Balaban J connectivity index is 1.71. The summed E-state index contributed by atoms with van der Waals surface area (Å²) in [5.74, 6) is 0.555. The third kappa shape index (κ3) is 2.77. The summed E-state index contributed by atoms with van der Waals surface area (Å²) >= 11 is 0. The van der Waals surface area contributed by atoms with Gasteiger partial charge in [-0.3, -0.25) is 0 Å². The summed E-state index contributed by atoms with van der Waals surface area (Å²) in [6.07, 6.45) is 4.08. The van der Waals surface area contributed by atoms with Crippen LogP contribution in [0.4, 0.5) is 10.2 Å². The molecule has 0 aliphatic carbocycles. The molecule has 5 nitrogen and oxygen atoms in total. The molecule has 1 atom stereocenters. The molecule has 6 heteroatoms. The Labute approximate surface area is 133 Å². The van der Waals surface area contributed by atoms with Crippen LogP contribution in [0.2, 0.25) is 0 Å². The Morgan fingerprint density at radius 3 is 3.04 bits per heavy atom. The average molecular weight is 311 g/mol. The molecule has 1 aliphatic rings. The van der Waals surface area contributed by atoms with E-state index >= 15 is 0 Å². The Kier molecular flexibility index (Phi) is 3.67. The zero-order chi connectivity index (χ0) is 15.6. The fourth-order valence-electron chi connectivity index (χ4n) is 3.00. The number of nitrogens with zero attached hydrogens (tertiary/aromatic N) is 3. The van der Waals surface area contributed by atoms with Crippen LogP contribution in [0.25, 0.3) is 16.9 Å². The van der Waals surface area contributed by atoms with Crippen molar-refractivity contribution in [3.63, 3.8) is 0 Å². The van der Waals surface area contributed by atoms with Crippen molar-refractivity contribution in [1.29, 1.82) is 0 Å². The molecule has 2 N–H and O–H groups in total. The number of halogens is 1. The van der Waals surface area contributed by atoms with Crippen LogP contribution < -0.4 is 10.6 Å². The predicted octanol–water partition coefficient (Wildman–Crippen LogP) is 2.70. The maximum atomic E-state index is 14.1. The van der Waals surface area contributed by atoms with Gasteiger partial charge in [0.25, 0.3) is 0 Å². The highest BCUT2D eigenvalue weighted by Gasteiger charge is 2.15. The van der Waals surface area contributed by atoms with E-state index in [1.807, 2.05) is 18.2 Å². The first-order valence-electron chi connectivity index (χ1n) is 7.88. The van der Waals surface area contributed by atoms with E-state index in [1.165, 1.54) is 18.9 Å². The molecule has 1 aliphatic heterocycles. The number of aromatic nitrogens is 3. The van der Waals surface area contributed by atoms with Crippen molar-refractivity contribution in [1.82, 2.24) is 19.9 Å². The maximum absolute atomic E-state index is 14.1. The molecule has 0 saturated carbocycles. The molecule has 0 bridgehead atoms. The summed E-state index contributed by atoms with van der Waals surface area (Å²) < 4.78 is 15.8. The van der Waals surface area contributed by atoms with Gasteiger partial charge in [-0.1, -0.05) is 12.1 Å². The molecular weight excluding hydrogens is 293 g/mol. The van der Waals surface area contributed by atoms with Crippen molar-refractivity contribution in [2.24, 2.45) is 0 Å². The van der Waals surface area contributed by atoms with Crippen LogP contribution in [0.5, 0.6) is 0 Å². The van der Waals surface area contributed by atoms with E-state index in [0.29, 0.717) is 22.9 Å². The van der Waals surface area contributed by atoms with Gasteiger partial charge in [-0.15, -0.1) is 0 Å². The second kappa shape index (κ2) is 5.96. The summed E-state index contributed by atoms with van der Waals surface area (Å²) in [6, 6.07) is 10.8. The van der Waals surface area contributed by atoms with Gasteiger partial charge in [-0.25, -0.2) is 9.37 Å². The van der Waals surface area contributed by atoms with E-state index in [-0.39, 0.29) is 5.82 Å². The largest absolute Gasteiger partial charge is 0.368 e. The van der Waals surface area contributed by atoms with Crippen LogP contribution in [0.1, 0.15) is 12.8 Å². The van der Waals surface area contributed by atoms with Crippen LogP contribution in [-0.2, 0) is 0 Å². The van der Waals surface area contributed by atoms with Gasteiger partial charge in [0.05, 0.1) is 11.9 Å². The van der Waals surface area contributed by atoms with Gasteiger partial charge in [-0.05, 0) is 31.5 Å². The predicted molar refractivity (Wildman–Crippen MR) is 87.9 cm³/mol. The van der Waals surface area contributed by atoms with Crippen molar-refractivity contribution in [2.75, 3.05) is 18.4 Å². The minimum atomic E-state index is -0.271. The molecule has 4 rings (SSSR count). The average Bonchev–Trinajstić information content (AvgIpc) is 3.24. The van der Waals surface area contributed by atoms with Gasteiger partial charge in [-0.2, -0.15) is 9.61 Å². The molecule has 118 valence electrons. The minimum Gasteiger partial charge on any atom is -0.368 e. The second-order valence-corrected chi connectivity index (χ2v) is 5.78. The first-order valence-corrected chi connectivity index (χ1v) is 7.88. The first kappa shape index (κ1) is 14.1. The van der Waals surface area contributed by atoms with E-state index in [9.17, 15) is 4.39 Å². The highest BCUT2D eigenvalue weighted by Crippen LogP contribution is 2.24. The van der Waals surface area contributed by atoms with Crippen molar-refractivity contribution < 1.29 is 4.39 Å². The molecule has 23 heavy (non-hydrogen) atoms. The SMILES string of the molecule is Fc1ccccc1-c1cc(NC[C@@H]2CCCN2)n2nccc2n1. The van der Waals surface area contributed by atoms with Crippen molar-refractivity contribution in [3.8, 4) is 11.3 Å². The molecule has 3 heterocycles. The molecule has 0 spiro atoms. The Hall–Kier alpha value is -2.47. The van der Waals surface area contributed by atoms with E-state index in [2.05, 4.69) is 20.7 Å². The van der Waals surface area contributed by atoms with Crippen LogP contribution >= 0.6 is 0 Å². The van der Waals surface area contributed by atoms with E-state index < -0.39 is 0 Å². The smallest absolute Gasteiger partial charge is 0.157 e. The van der Waals surface area contributed by atoms with E-state index in [1.54, 1.807) is 22.8 Å². The number of hydrogen-bond acceptors (Lipinski definition) is 4. The molecule has 0 unspecified atom stereocenters. The van der Waals surface area contributed by atoms with E-state index in [4.69, 9.17) is 0 Å². The standard InChI is InChI=1S/C17H18FN5/c18-14-6-2-1-5-13(14)15-10-17(20-11-12-4-3-8-19-12)23-16(22-15)7-9-21-23/h1-2,5-7,9-10,12,19-20H,3-4,8,11H2/t12-/m0/s1. The first-order chi connectivity index (χ1) is 11.3. The number of anilines is 1. The lowest BCUT2D eigenvalue weighted by molar-refractivity contribution is 0.629. The highest BCUT2D eigenvalue weighted by molar-refractivity contribution is 5.66. The third-order valence-corrected chi connectivity index (χ3v) is 4.20. The van der Waals surface area contributed by atoms with Crippen molar-refractivity contribution in [2.45, 2.75) is 18.9 Å². The molecule has 1 aromatic carbocycles. The van der Waals surface area contributed by atoms with Crippen LogP contribution in [-0.4, -0.2) is 33.7 Å². The van der Waals surface area contributed by atoms with Gasteiger partial charge in [0.2, 0.25) is 0 Å². The third-order valence-electron chi connectivity index (χ3n) is 4.20. The Morgan fingerprint density at radius 1 is 1.30 bits per heavy atom. The summed E-state index contributed by atoms with van der Waals surface area (Å²) in [5.41, 5.74) is 1.81. The van der Waals surface area contributed by atoms with Gasteiger partial charge >= 0.3 is 0 Å². The maximum Gasteiger partial charge on any atom is 0.157 e. The fraction of sp³-hybridized carbons (Fsp3) is 0.294. The topological polar surface area (TPSA) is 54.2 Å². The number of rotatable bonds is 4. The molecule has 1 saturated heterocycles. The molecule has 1 fully saturated rings. The highest BCUT2D eigenvalue weighted by atomic mass is 19.1. The Morgan fingerprint density at radius 2 is 2.22 bits per heavy atom. The summed E-state index contributed by atoms with van der Waals surface area (Å²) in [5, 5.41) is 11.2. The number of fused-ring (bicyclic) bond motifs is 1. The normalized spacial score (nSPS) is 17.7. The summed E-state index contributed by atoms with van der Waals surface area (Å²) in [6.45, 7) is 1.88. The molecule has 2 aromatic heterocycles. The number of hydrogen-bond donors (Lipinski definition) is 2. The van der Waals surface area contributed by atoms with Crippen molar-refractivity contribution >= 4 is 11.5 Å². The molecule has 0 amide bonds. The van der Waals surface area contributed by atoms with Gasteiger partial charge in [0, 0.05) is 30.3 Å². The summed E-state index contributed by atoms with van der Waals surface area (Å²) in [4.78, 5) is 4.51. The van der Waals surface area contributed by atoms with Crippen LogP contribution in [0, 0.1) is 5.82 Å². The summed E-state index contributed by atoms with van der Waals surface area (Å²) in [7, 11) is 0. The number of nitrogens with one attached hydrogen (secondary N) is 2.